The molecular weight excluding hydrogens is 378 g/mol. The minimum atomic E-state index is -0.678. The largest absolute Gasteiger partial charge is 0.528 e. The Morgan fingerprint density at radius 2 is 1.90 bits per heavy atom. The van der Waals surface area contributed by atoms with E-state index in [0.29, 0.717) is 13.2 Å². The first-order chi connectivity index (χ1) is 14.2. The Morgan fingerprint density at radius 3 is 2.60 bits per heavy atom. The molecule has 0 N–H and O–H groups in total. The second-order valence-electron chi connectivity index (χ2n) is 8.65. The van der Waals surface area contributed by atoms with E-state index in [1.54, 1.807) is 5.06 Å². The minimum Gasteiger partial charge on any atom is -0.491 e. The molecule has 1 unspecified atom stereocenters. The Labute approximate surface area is 179 Å². The third-order valence-corrected chi connectivity index (χ3v) is 4.92. The molecule has 1 aliphatic heterocycles. The molecule has 0 saturated carbocycles. The van der Waals surface area contributed by atoms with Gasteiger partial charge in [0.25, 0.3) is 0 Å². The van der Waals surface area contributed by atoms with Crippen molar-refractivity contribution in [1.29, 1.82) is 0 Å². The van der Waals surface area contributed by atoms with E-state index in [1.807, 2.05) is 63.2 Å². The van der Waals surface area contributed by atoms with Crippen LogP contribution in [-0.2, 0) is 9.57 Å². The predicted molar refractivity (Wildman–Crippen MR) is 118 cm³/mol. The summed E-state index contributed by atoms with van der Waals surface area (Å²) >= 11 is 0. The highest BCUT2D eigenvalue weighted by atomic mass is 16.8. The predicted octanol–water partition coefficient (Wildman–Crippen LogP) is 5.77. The van der Waals surface area contributed by atoms with Gasteiger partial charge in [-0.05, 0) is 63.8 Å². The van der Waals surface area contributed by atoms with Crippen LogP contribution in [0.2, 0.25) is 0 Å². The van der Waals surface area contributed by atoms with Gasteiger partial charge in [-0.2, -0.15) is 0 Å². The van der Waals surface area contributed by atoms with Crippen LogP contribution in [0.25, 0.3) is 5.57 Å². The summed E-state index contributed by atoms with van der Waals surface area (Å²) in [5.74, 6) is 0.776. The fraction of sp³-hybridized carbons (Fsp3) is 0.400. The summed E-state index contributed by atoms with van der Waals surface area (Å²) in [6.07, 6.45) is 1.15. The molecular formula is C25H31NO4. The molecule has 5 heteroatoms. The summed E-state index contributed by atoms with van der Waals surface area (Å²) in [6.45, 7) is 12.9. The first kappa shape index (κ1) is 21.9. The Kier molecular flexibility index (Phi) is 6.83. The second kappa shape index (κ2) is 9.35. The Morgan fingerprint density at radius 1 is 1.17 bits per heavy atom. The number of hydrogen-bond acceptors (Lipinski definition) is 5. The number of carbonyl (C=O) groups is 1. The van der Waals surface area contributed by atoms with Crippen LogP contribution in [-0.4, -0.2) is 36.0 Å². The number of hydroxylamine groups is 2. The minimum absolute atomic E-state index is 0.0170. The zero-order chi connectivity index (χ0) is 21.7. The fourth-order valence-corrected chi connectivity index (χ4v) is 3.45. The number of carbonyl (C=O) groups excluding carboxylic acids is 1. The van der Waals surface area contributed by atoms with Gasteiger partial charge in [-0.3, -0.25) is 0 Å². The van der Waals surface area contributed by atoms with Crippen LogP contribution in [0.4, 0.5) is 4.79 Å². The molecule has 5 nitrogen and oxygen atoms in total. The van der Waals surface area contributed by atoms with Crippen LogP contribution >= 0.6 is 0 Å². The lowest BCUT2D eigenvalue weighted by Crippen LogP contribution is -2.38. The van der Waals surface area contributed by atoms with Crippen molar-refractivity contribution in [3.05, 3.63) is 71.8 Å². The molecule has 1 atom stereocenters. The summed E-state index contributed by atoms with van der Waals surface area (Å²) in [7, 11) is 0. The van der Waals surface area contributed by atoms with E-state index in [9.17, 15) is 4.79 Å². The molecule has 1 saturated heterocycles. The van der Waals surface area contributed by atoms with Crippen molar-refractivity contribution in [2.75, 3.05) is 13.2 Å². The second-order valence-corrected chi connectivity index (χ2v) is 8.65. The maximum absolute atomic E-state index is 12.0. The van der Waals surface area contributed by atoms with Gasteiger partial charge >= 0.3 is 6.16 Å². The van der Waals surface area contributed by atoms with Crippen LogP contribution in [0.5, 0.6) is 5.75 Å². The monoisotopic (exact) mass is 409 g/mol. The maximum Gasteiger partial charge on any atom is 0.528 e. The topological polar surface area (TPSA) is 48.0 Å². The molecule has 1 aliphatic rings. The molecule has 1 fully saturated rings. The summed E-state index contributed by atoms with van der Waals surface area (Å²) in [4.78, 5) is 17.5. The van der Waals surface area contributed by atoms with Crippen LogP contribution < -0.4 is 4.74 Å². The van der Waals surface area contributed by atoms with Gasteiger partial charge in [0.15, 0.2) is 0 Å². The fourth-order valence-electron chi connectivity index (χ4n) is 3.45. The first-order valence-corrected chi connectivity index (χ1v) is 10.4. The highest BCUT2D eigenvalue weighted by Crippen LogP contribution is 2.31. The van der Waals surface area contributed by atoms with E-state index < -0.39 is 11.8 Å². The zero-order valence-electron chi connectivity index (χ0n) is 18.3. The molecule has 0 amide bonds. The lowest BCUT2D eigenvalue weighted by molar-refractivity contribution is -0.154. The molecule has 160 valence electrons. The number of hydrogen-bond donors (Lipinski definition) is 0. The van der Waals surface area contributed by atoms with Crippen molar-refractivity contribution in [2.24, 2.45) is 0 Å². The molecule has 2 aromatic rings. The molecule has 0 spiro atoms. The van der Waals surface area contributed by atoms with Crippen molar-refractivity contribution in [3.8, 4) is 5.75 Å². The van der Waals surface area contributed by atoms with Crippen molar-refractivity contribution in [3.63, 3.8) is 0 Å². The number of benzene rings is 2. The summed E-state index contributed by atoms with van der Waals surface area (Å²) in [5.41, 5.74) is 3.51. The molecule has 0 aliphatic carbocycles. The third kappa shape index (κ3) is 5.86. The Balaban J connectivity index is 1.68. The zero-order valence-corrected chi connectivity index (χ0v) is 18.3. The number of aryl methyl sites for hydroxylation is 1. The van der Waals surface area contributed by atoms with Crippen LogP contribution in [0, 0.1) is 6.92 Å². The molecule has 3 rings (SSSR count). The summed E-state index contributed by atoms with van der Waals surface area (Å²) in [5, 5.41) is 1.67. The first-order valence-electron chi connectivity index (χ1n) is 10.4. The molecule has 1 heterocycles. The van der Waals surface area contributed by atoms with E-state index in [-0.39, 0.29) is 6.04 Å². The molecule has 0 bridgehead atoms. The van der Waals surface area contributed by atoms with Gasteiger partial charge in [0.1, 0.15) is 18.0 Å². The van der Waals surface area contributed by atoms with Crippen molar-refractivity contribution < 1.29 is 19.1 Å². The molecule has 0 radical (unpaired) electrons. The smallest absolute Gasteiger partial charge is 0.491 e. The van der Waals surface area contributed by atoms with Crippen LogP contribution in [0.3, 0.4) is 0 Å². The normalized spacial score (nSPS) is 16.9. The highest BCUT2D eigenvalue weighted by molar-refractivity contribution is 5.81. The van der Waals surface area contributed by atoms with Gasteiger partial charge in [0.05, 0.1) is 6.04 Å². The van der Waals surface area contributed by atoms with Crippen LogP contribution in [0.1, 0.15) is 50.3 Å². The lowest BCUT2D eigenvalue weighted by atomic mass is 9.97. The molecule has 0 aromatic heterocycles. The molecule has 30 heavy (non-hydrogen) atoms. The lowest BCUT2D eigenvalue weighted by Gasteiger charge is -2.26. The van der Waals surface area contributed by atoms with E-state index in [0.717, 1.165) is 40.9 Å². The maximum atomic E-state index is 12.0. The standard InChI is InChI=1S/C25H31NO4/c1-18-13-14-23(22(16-18)19(2)20-10-7-6-8-11-20)28-17-21-12-9-15-26(21)30-24(27)29-25(3,4)5/h6-8,10-11,13-14,16,21H,2,9,12,15,17H2,1,3-5H3. The number of ether oxygens (including phenoxy) is 2. The van der Waals surface area contributed by atoms with Gasteiger partial charge in [0, 0.05) is 12.1 Å². The van der Waals surface area contributed by atoms with Gasteiger partial charge in [0.2, 0.25) is 0 Å². The summed E-state index contributed by atoms with van der Waals surface area (Å²) in [6, 6.07) is 16.2. The number of nitrogens with zero attached hydrogens (tertiary/aromatic N) is 1. The Bertz CT molecular complexity index is 886. The van der Waals surface area contributed by atoms with Gasteiger partial charge in [-0.25, -0.2) is 4.79 Å². The van der Waals surface area contributed by atoms with E-state index in [4.69, 9.17) is 14.3 Å². The van der Waals surface area contributed by atoms with Crippen molar-refractivity contribution in [1.82, 2.24) is 5.06 Å². The van der Waals surface area contributed by atoms with Gasteiger partial charge < -0.3 is 14.3 Å². The van der Waals surface area contributed by atoms with Gasteiger partial charge in [-0.1, -0.05) is 48.5 Å². The number of rotatable bonds is 6. The van der Waals surface area contributed by atoms with E-state index in [2.05, 4.69) is 19.6 Å². The van der Waals surface area contributed by atoms with E-state index in [1.165, 1.54) is 0 Å². The average Bonchev–Trinajstić information content (AvgIpc) is 3.12. The third-order valence-electron chi connectivity index (χ3n) is 4.92. The quantitative estimate of drug-likeness (QED) is 0.567. The van der Waals surface area contributed by atoms with Gasteiger partial charge in [-0.15, -0.1) is 5.06 Å². The molecule has 2 aromatic carbocycles. The highest BCUT2D eigenvalue weighted by Gasteiger charge is 2.31. The Hall–Kier alpha value is -2.79. The summed E-state index contributed by atoms with van der Waals surface area (Å²) < 4.78 is 11.5. The van der Waals surface area contributed by atoms with Crippen molar-refractivity contribution >= 4 is 11.7 Å². The SMILES string of the molecule is C=C(c1ccccc1)c1cc(C)ccc1OCC1CCCN1OC(=O)OC(C)(C)C. The van der Waals surface area contributed by atoms with Crippen LogP contribution in [0.15, 0.2) is 55.1 Å². The van der Waals surface area contributed by atoms with Crippen molar-refractivity contribution in [2.45, 2.75) is 52.2 Å². The average molecular weight is 410 g/mol. The van der Waals surface area contributed by atoms with E-state index >= 15 is 0 Å².